The highest BCUT2D eigenvalue weighted by molar-refractivity contribution is 5.81. The lowest BCUT2D eigenvalue weighted by atomic mass is 9.91. The van der Waals surface area contributed by atoms with Gasteiger partial charge in [-0.2, -0.15) is 0 Å². The molecule has 1 aliphatic heterocycles. The molecule has 28 heavy (non-hydrogen) atoms. The van der Waals surface area contributed by atoms with Crippen molar-refractivity contribution in [2.75, 3.05) is 32.7 Å². The van der Waals surface area contributed by atoms with E-state index in [2.05, 4.69) is 24.0 Å². The van der Waals surface area contributed by atoms with Gasteiger partial charge in [0.05, 0.1) is 12.5 Å². The van der Waals surface area contributed by atoms with Gasteiger partial charge < -0.3 is 10.6 Å². The Morgan fingerprint density at radius 2 is 2.04 bits per heavy atom. The maximum atomic E-state index is 13.2. The Morgan fingerprint density at radius 1 is 1.21 bits per heavy atom. The van der Waals surface area contributed by atoms with Crippen molar-refractivity contribution in [2.45, 2.75) is 19.8 Å². The van der Waals surface area contributed by atoms with Crippen LogP contribution < -0.4 is 5.73 Å². The molecule has 1 saturated heterocycles. The Hall–Kier alpha value is -2.73. The molecule has 1 aliphatic rings. The van der Waals surface area contributed by atoms with Gasteiger partial charge in [-0.05, 0) is 30.0 Å². The van der Waals surface area contributed by atoms with E-state index in [4.69, 9.17) is 5.73 Å². The minimum Gasteiger partial charge on any atom is -0.369 e. The van der Waals surface area contributed by atoms with Crippen LogP contribution in [0.2, 0.25) is 0 Å². The summed E-state index contributed by atoms with van der Waals surface area (Å²) >= 11 is 0. The van der Waals surface area contributed by atoms with E-state index in [1.54, 1.807) is 6.20 Å². The van der Waals surface area contributed by atoms with Gasteiger partial charge in [0, 0.05) is 44.1 Å². The second-order valence-corrected chi connectivity index (χ2v) is 7.33. The van der Waals surface area contributed by atoms with Crippen molar-refractivity contribution < 1.29 is 9.59 Å². The molecule has 2 aromatic rings. The average Bonchev–Trinajstić information content (AvgIpc) is 2.83. The minimum atomic E-state index is -0.356. The van der Waals surface area contributed by atoms with E-state index in [1.807, 2.05) is 40.3 Å². The zero-order chi connectivity index (χ0) is 19.9. The number of nitrogens with two attached hydrogens (primary N) is 1. The fourth-order valence-corrected chi connectivity index (χ4v) is 3.89. The summed E-state index contributed by atoms with van der Waals surface area (Å²) in [5, 5.41) is 0. The van der Waals surface area contributed by atoms with Crippen molar-refractivity contribution in [1.82, 2.24) is 14.8 Å². The summed E-state index contributed by atoms with van der Waals surface area (Å²) in [6, 6.07) is 12.1. The van der Waals surface area contributed by atoms with Gasteiger partial charge >= 0.3 is 0 Å². The molecule has 6 heteroatoms. The summed E-state index contributed by atoms with van der Waals surface area (Å²) in [6.45, 7) is 4.86. The highest BCUT2D eigenvalue weighted by Crippen LogP contribution is 2.26. The number of benzene rings is 1. The summed E-state index contributed by atoms with van der Waals surface area (Å²) in [7, 11) is 0. The van der Waals surface area contributed by atoms with Gasteiger partial charge in [-0.1, -0.05) is 37.3 Å². The monoisotopic (exact) mass is 380 g/mol. The average molecular weight is 380 g/mol. The van der Waals surface area contributed by atoms with Crippen LogP contribution in [-0.4, -0.2) is 59.3 Å². The van der Waals surface area contributed by atoms with Gasteiger partial charge in [0.15, 0.2) is 0 Å². The maximum Gasteiger partial charge on any atom is 0.231 e. The van der Waals surface area contributed by atoms with E-state index in [1.165, 1.54) is 0 Å². The zero-order valence-corrected chi connectivity index (χ0v) is 16.4. The van der Waals surface area contributed by atoms with Crippen LogP contribution in [0, 0.1) is 5.92 Å². The van der Waals surface area contributed by atoms with E-state index in [9.17, 15) is 9.59 Å². The Bertz CT molecular complexity index is 809. The summed E-state index contributed by atoms with van der Waals surface area (Å²) in [5.74, 6) is -0.396. The SMILES string of the molecule is CCCN1CCN(CC(N)=O)CC(Cc2ccccc2-c2cccnc2)C1=O. The van der Waals surface area contributed by atoms with E-state index in [-0.39, 0.29) is 24.3 Å². The van der Waals surface area contributed by atoms with Gasteiger partial charge in [-0.25, -0.2) is 0 Å². The van der Waals surface area contributed by atoms with Crippen LogP contribution in [0.4, 0.5) is 0 Å². The number of nitrogens with zero attached hydrogens (tertiary/aromatic N) is 3. The molecule has 0 radical (unpaired) electrons. The van der Waals surface area contributed by atoms with E-state index < -0.39 is 0 Å². The van der Waals surface area contributed by atoms with Gasteiger partial charge in [-0.15, -0.1) is 0 Å². The van der Waals surface area contributed by atoms with Crippen molar-refractivity contribution in [2.24, 2.45) is 11.7 Å². The molecule has 0 bridgehead atoms. The molecule has 1 fully saturated rings. The third kappa shape index (κ3) is 4.95. The molecule has 3 rings (SSSR count). The third-order valence-corrected chi connectivity index (χ3v) is 5.15. The number of aromatic nitrogens is 1. The highest BCUT2D eigenvalue weighted by atomic mass is 16.2. The lowest BCUT2D eigenvalue weighted by molar-refractivity contribution is -0.134. The molecular weight excluding hydrogens is 352 g/mol. The normalized spacial score (nSPS) is 18.1. The standard InChI is InChI=1S/C22H28N4O2/c1-2-10-26-12-11-25(16-21(23)27)15-19(22(26)28)13-17-6-3-4-8-20(17)18-7-5-9-24-14-18/h3-9,14,19H,2,10-13,15-16H2,1H3,(H2,23,27). The number of primary amides is 1. The lowest BCUT2D eigenvalue weighted by Gasteiger charge is -2.24. The van der Waals surface area contributed by atoms with Crippen molar-refractivity contribution in [3.63, 3.8) is 0 Å². The first-order valence-electron chi connectivity index (χ1n) is 9.86. The first-order chi connectivity index (χ1) is 13.6. The number of carbonyl (C=O) groups excluding carboxylic acids is 2. The molecule has 0 spiro atoms. The predicted octanol–water partition coefficient (Wildman–Crippen LogP) is 1.95. The van der Waals surface area contributed by atoms with E-state index >= 15 is 0 Å². The molecule has 1 unspecified atom stereocenters. The van der Waals surface area contributed by atoms with Crippen LogP contribution in [0.15, 0.2) is 48.8 Å². The number of pyridine rings is 1. The molecule has 1 atom stereocenters. The fraction of sp³-hybridized carbons (Fsp3) is 0.409. The van der Waals surface area contributed by atoms with Crippen molar-refractivity contribution in [3.8, 4) is 11.1 Å². The summed E-state index contributed by atoms with van der Waals surface area (Å²) in [5.41, 5.74) is 8.67. The van der Waals surface area contributed by atoms with Gasteiger partial charge in [0.1, 0.15) is 0 Å². The highest BCUT2D eigenvalue weighted by Gasteiger charge is 2.31. The number of rotatable bonds is 7. The molecule has 0 aliphatic carbocycles. The second kappa shape index (κ2) is 9.46. The van der Waals surface area contributed by atoms with Crippen LogP contribution in [0.1, 0.15) is 18.9 Å². The van der Waals surface area contributed by atoms with Crippen LogP contribution in [0.3, 0.4) is 0 Å². The van der Waals surface area contributed by atoms with Crippen molar-refractivity contribution in [3.05, 3.63) is 54.4 Å². The molecule has 2 heterocycles. The summed E-state index contributed by atoms with van der Waals surface area (Å²) < 4.78 is 0. The molecule has 2 N–H and O–H groups in total. The Labute approximate surface area is 166 Å². The molecular formula is C22H28N4O2. The number of hydrogen-bond acceptors (Lipinski definition) is 4. The smallest absolute Gasteiger partial charge is 0.231 e. The molecule has 0 saturated carbocycles. The molecule has 2 amide bonds. The molecule has 1 aromatic heterocycles. The molecule has 1 aromatic carbocycles. The second-order valence-electron chi connectivity index (χ2n) is 7.33. The van der Waals surface area contributed by atoms with Gasteiger partial charge in [0.25, 0.3) is 0 Å². The number of amides is 2. The predicted molar refractivity (Wildman–Crippen MR) is 109 cm³/mol. The number of hydrogen-bond donors (Lipinski definition) is 1. The first kappa shape index (κ1) is 20.0. The zero-order valence-electron chi connectivity index (χ0n) is 16.4. The Balaban J connectivity index is 1.87. The van der Waals surface area contributed by atoms with Gasteiger partial charge in [0.2, 0.25) is 11.8 Å². The third-order valence-electron chi connectivity index (χ3n) is 5.15. The van der Waals surface area contributed by atoms with Crippen molar-refractivity contribution in [1.29, 1.82) is 0 Å². The summed E-state index contributed by atoms with van der Waals surface area (Å²) in [4.78, 5) is 32.8. The summed E-state index contributed by atoms with van der Waals surface area (Å²) in [6.07, 6.45) is 5.14. The molecule has 6 nitrogen and oxygen atoms in total. The van der Waals surface area contributed by atoms with E-state index in [0.717, 1.165) is 29.7 Å². The first-order valence-corrected chi connectivity index (χ1v) is 9.86. The topological polar surface area (TPSA) is 79.5 Å². The Kier molecular flexibility index (Phi) is 6.76. The van der Waals surface area contributed by atoms with Crippen molar-refractivity contribution >= 4 is 11.8 Å². The van der Waals surface area contributed by atoms with Crippen LogP contribution in [0.5, 0.6) is 0 Å². The largest absolute Gasteiger partial charge is 0.369 e. The van der Waals surface area contributed by atoms with Gasteiger partial charge in [-0.3, -0.25) is 19.5 Å². The number of carbonyl (C=O) groups is 2. The minimum absolute atomic E-state index is 0.162. The quantitative estimate of drug-likeness (QED) is 0.796. The lowest BCUT2D eigenvalue weighted by Crippen LogP contribution is -2.38. The van der Waals surface area contributed by atoms with Crippen LogP contribution in [0.25, 0.3) is 11.1 Å². The Morgan fingerprint density at radius 3 is 2.75 bits per heavy atom. The molecule has 148 valence electrons. The van der Waals surface area contributed by atoms with Crippen LogP contribution >= 0.6 is 0 Å². The maximum absolute atomic E-state index is 13.2. The van der Waals surface area contributed by atoms with E-state index in [0.29, 0.717) is 26.1 Å². The van der Waals surface area contributed by atoms with Crippen LogP contribution in [-0.2, 0) is 16.0 Å². The fourth-order valence-electron chi connectivity index (χ4n) is 3.89.